The summed E-state index contributed by atoms with van der Waals surface area (Å²) in [5, 5.41) is 21.9. The molecule has 9 nitrogen and oxygen atoms in total. The van der Waals surface area contributed by atoms with Gasteiger partial charge in [0.1, 0.15) is 16.4 Å². The summed E-state index contributed by atoms with van der Waals surface area (Å²) in [5.41, 5.74) is -0.0321. The molecule has 0 aliphatic rings. The van der Waals surface area contributed by atoms with Gasteiger partial charge in [0.2, 0.25) is 10.0 Å². The molecule has 2 rings (SSSR count). The fraction of sp³-hybridized carbons (Fsp3) is 0.485. The quantitative estimate of drug-likeness (QED) is 0.144. The van der Waals surface area contributed by atoms with Crippen LogP contribution in [-0.2, 0) is 16.4 Å². The standard InChI is InChI=1S/C33H48N2O7S/c1-7-9-11-15-21-34(43(39,40)31-20-19-27(41-6)24-30(31)42-22-16-10-8-2)25-29(36)28(23-26-17-13-12-14-18-26)35(32(37)38)33(3,4)5/h7-8,12-14,17-20,24,28-29,36H,1-2,9-11,15-16,21-23,25H2,3-6H3,(H,37,38)/t28-,29-/m0/s1. The summed E-state index contributed by atoms with van der Waals surface area (Å²) in [5.74, 6) is 0.595. The highest BCUT2D eigenvalue weighted by molar-refractivity contribution is 7.89. The molecule has 1 amide bonds. The molecular weight excluding hydrogens is 568 g/mol. The van der Waals surface area contributed by atoms with Gasteiger partial charge >= 0.3 is 6.09 Å². The lowest BCUT2D eigenvalue weighted by atomic mass is 9.94. The third kappa shape index (κ3) is 10.7. The van der Waals surface area contributed by atoms with Crippen molar-refractivity contribution in [3.05, 3.63) is 79.4 Å². The first-order valence-corrected chi connectivity index (χ1v) is 16.1. The van der Waals surface area contributed by atoms with Crippen LogP contribution in [-0.4, -0.2) is 78.4 Å². The predicted octanol–water partition coefficient (Wildman–Crippen LogP) is 6.14. The van der Waals surface area contributed by atoms with Crippen molar-refractivity contribution in [2.75, 3.05) is 26.8 Å². The van der Waals surface area contributed by atoms with Crippen molar-refractivity contribution >= 4 is 16.1 Å². The molecule has 43 heavy (non-hydrogen) atoms. The van der Waals surface area contributed by atoms with E-state index in [1.54, 1.807) is 39.0 Å². The van der Waals surface area contributed by atoms with Gasteiger partial charge in [-0.25, -0.2) is 13.2 Å². The normalized spacial score (nSPS) is 13.3. The fourth-order valence-corrected chi connectivity index (χ4v) is 6.50. The average molecular weight is 617 g/mol. The third-order valence-electron chi connectivity index (χ3n) is 7.03. The Morgan fingerprint density at radius 3 is 2.26 bits per heavy atom. The van der Waals surface area contributed by atoms with Crippen molar-refractivity contribution in [1.29, 1.82) is 0 Å². The minimum atomic E-state index is -4.19. The number of sulfonamides is 1. The third-order valence-corrected chi connectivity index (χ3v) is 8.93. The van der Waals surface area contributed by atoms with Gasteiger partial charge in [-0.05, 0) is 77.0 Å². The van der Waals surface area contributed by atoms with Crippen molar-refractivity contribution in [3.8, 4) is 11.5 Å². The molecule has 0 radical (unpaired) electrons. The highest BCUT2D eigenvalue weighted by Crippen LogP contribution is 2.32. The van der Waals surface area contributed by atoms with Crippen molar-refractivity contribution in [2.45, 2.75) is 81.9 Å². The summed E-state index contributed by atoms with van der Waals surface area (Å²) < 4.78 is 41.0. The van der Waals surface area contributed by atoms with Gasteiger partial charge in [-0.15, -0.1) is 13.2 Å². The molecule has 0 aliphatic carbocycles. The Labute approximate surface area is 257 Å². The SMILES string of the molecule is C=CCCCCN(C[C@H](O)[C@H](Cc1ccccc1)N(C(=O)O)C(C)(C)C)S(=O)(=O)c1ccc(OC)cc1OCCCC=C. The summed E-state index contributed by atoms with van der Waals surface area (Å²) >= 11 is 0. The van der Waals surface area contributed by atoms with E-state index in [1.165, 1.54) is 28.4 Å². The van der Waals surface area contributed by atoms with E-state index in [9.17, 15) is 23.4 Å². The van der Waals surface area contributed by atoms with E-state index in [2.05, 4.69) is 13.2 Å². The molecule has 0 unspecified atom stereocenters. The number of ether oxygens (including phenoxy) is 2. The Hall–Kier alpha value is -3.34. The lowest BCUT2D eigenvalue weighted by molar-refractivity contribution is 0.00108. The fourth-order valence-electron chi connectivity index (χ4n) is 4.89. The van der Waals surface area contributed by atoms with E-state index in [-0.39, 0.29) is 36.8 Å². The molecule has 238 valence electrons. The number of rotatable bonds is 19. The van der Waals surface area contributed by atoms with E-state index in [0.717, 1.165) is 5.56 Å². The topological polar surface area (TPSA) is 117 Å². The first-order chi connectivity index (χ1) is 20.4. The number of aliphatic hydroxyl groups excluding tert-OH is 1. The number of amides is 1. The van der Waals surface area contributed by atoms with E-state index < -0.39 is 33.8 Å². The van der Waals surface area contributed by atoms with Crippen LogP contribution in [0.15, 0.2) is 78.7 Å². The number of allylic oxidation sites excluding steroid dienone is 2. The molecule has 0 aliphatic heterocycles. The van der Waals surface area contributed by atoms with Gasteiger partial charge in [-0.1, -0.05) is 42.5 Å². The lowest BCUT2D eigenvalue weighted by Gasteiger charge is -2.42. The smallest absolute Gasteiger partial charge is 0.408 e. The van der Waals surface area contributed by atoms with Crippen LogP contribution in [0.5, 0.6) is 11.5 Å². The summed E-state index contributed by atoms with van der Waals surface area (Å²) in [6.07, 6.45) is 4.52. The maximum Gasteiger partial charge on any atom is 0.408 e. The van der Waals surface area contributed by atoms with E-state index in [4.69, 9.17) is 9.47 Å². The summed E-state index contributed by atoms with van der Waals surface area (Å²) in [7, 11) is -2.70. The van der Waals surface area contributed by atoms with Gasteiger partial charge in [-0.2, -0.15) is 4.31 Å². The van der Waals surface area contributed by atoms with Crippen LogP contribution in [0.3, 0.4) is 0 Å². The Balaban J connectivity index is 2.54. The number of benzene rings is 2. The van der Waals surface area contributed by atoms with Crippen molar-refractivity contribution in [1.82, 2.24) is 9.21 Å². The Morgan fingerprint density at radius 2 is 1.67 bits per heavy atom. The van der Waals surface area contributed by atoms with E-state index in [1.807, 2.05) is 30.3 Å². The number of nitrogens with zero attached hydrogens (tertiary/aromatic N) is 2. The number of carbonyl (C=O) groups is 1. The van der Waals surface area contributed by atoms with Crippen molar-refractivity contribution < 1.29 is 32.9 Å². The Bertz CT molecular complexity index is 1280. The molecule has 0 heterocycles. The summed E-state index contributed by atoms with van der Waals surface area (Å²) in [6.45, 7) is 12.8. The molecule has 2 aromatic carbocycles. The maximum absolute atomic E-state index is 14.3. The molecule has 2 N–H and O–H groups in total. The van der Waals surface area contributed by atoms with Crippen molar-refractivity contribution in [2.24, 2.45) is 0 Å². The molecule has 2 atom stereocenters. The second-order valence-electron chi connectivity index (χ2n) is 11.4. The number of hydrogen-bond acceptors (Lipinski definition) is 6. The van der Waals surface area contributed by atoms with Crippen LogP contribution in [0.25, 0.3) is 0 Å². The number of unbranched alkanes of at least 4 members (excludes halogenated alkanes) is 3. The number of methoxy groups -OCH3 is 1. The Kier molecular flexibility index (Phi) is 14.2. The maximum atomic E-state index is 14.3. The number of aliphatic hydroxyl groups is 1. The van der Waals surface area contributed by atoms with Gasteiger partial charge in [0.25, 0.3) is 0 Å². The minimum Gasteiger partial charge on any atom is -0.497 e. The second-order valence-corrected chi connectivity index (χ2v) is 13.3. The zero-order chi connectivity index (χ0) is 32.0. The highest BCUT2D eigenvalue weighted by Gasteiger charge is 2.40. The molecule has 10 heteroatoms. The van der Waals surface area contributed by atoms with Gasteiger partial charge < -0.3 is 19.7 Å². The first kappa shape index (κ1) is 35.9. The van der Waals surface area contributed by atoms with E-state index >= 15 is 0 Å². The van der Waals surface area contributed by atoms with Crippen LogP contribution >= 0.6 is 0 Å². The largest absolute Gasteiger partial charge is 0.497 e. The molecule has 0 fully saturated rings. The second kappa shape index (κ2) is 17.1. The zero-order valence-corrected chi connectivity index (χ0v) is 26.8. The van der Waals surface area contributed by atoms with Crippen molar-refractivity contribution in [3.63, 3.8) is 0 Å². The van der Waals surface area contributed by atoms with Gasteiger partial charge in [0.15, 0.2) is 0 Å². The van der Waals surface area contributed by atoms with Gasteiger partial charge in [0.05, 0.1) is 25.9 Å². The van der Waals surface area contributed by atoms with Crippen LogP contribution in [0, 0.1) is 0 Å². The molecular formula is C33H48N2O7S. The molecule has 0 bridgehead atoms. The molecule has 2 aromatic rings. The van der Waals surface area contributed by atoms with E-state index in [0.29, 0.717) is 37.9 Å². The van der Waals surface area contributed by atoms with Gasteiger partial charge in [-0.3, -0.25) is 4.90 Å². The van der Waals surface area contributed by atoms with Crippen LogP contribution in [0.4, 0.5) is 4.79 Å². The summed E-state index contributed by atoms with van der Waals surface area (Å²) in [4.78, 5) is 13.7. The van der Waals surface area contributed by atoms with Crippen LogP contribution in [0.2, 0.25) is 0 Å². The number of hydrogen-bond donors (Lipinski definition) is 2. The number of carboxylic acid groups (broad SMARTS) is 1. The van der Waals surface area contributed by atoms with Gasteiger partial charge in [0, 0.05) is 24.7 Å². The predicted molar refractivity (Wildman–Crippen MR) is 170 cm³/mol. The monoisotopic (exact) mass is 616 g/mol. The summed E-state index contributed by atoms with van der Waals surface area (Å²) in [6, 6.07) is 12.9. The average Bonchev–Trinajstić information content (AvgIpc) is 2.95. The van der Waals surface area contributed by atoms with Crippen LogP contribution in [0.1, 0.15) is 58.4 Å². The molecule has 0 aromatic heterocycles. The lowest BCUT2D eigenvalue weighted by Crippen LogP contribution is -2.58. The zero-order valence-electron chi connectivity index (χ0n) is 25.9. The molecule has 0 saturated heterocycles. The van der Waals surface area contributed by atoms with Crippen LogP contribution < -0.4 is 9.47 Å². The highest BCUT2D eigenvalue weighted by atomic mass is 32.2. The minimum absolute atomic E-state index is 0.0478. The molecule has 0 spiro atoms. The Morgan fingerprint density at radius 1 is 1.02 bits per heavy atom. The molecule has 0 saturated carbocycles. The first-order valence-electron chi connectivity index (χ1n) is 14.6.